The van der Waals surface area contributed by atoms with Crippen molar-refractivity contribution in [3.8, 4) is 0 Å². The molecule has 0 fully saturated rings. The van der Waals surface area contributed by atoms with Crippen molar-refractivity contribution in [3.05, 3.63) is 0 Å². The number of carbonyl (C=O) groups excluding carboxylic acids is 1. The Balaban J connectivity index is 4.30. The number of hydrogen-bond donors (Lipinski definition) is 3. The highest BCUT2D eigenvalue weighted by Crippen LogP contribution is 2.03. The van der Waals surface area contributed by atoms with E-state index in [9.17, 15) is 15.0 Å². The summed E-state index contributed by atoms with van der Waals surface area (Å²) in [6, 6.07) is 0. The van der Waals surface area contributed by atoms with E-state index in [0.717, 1.165) is 0 Å². The van der Waals surface area contributed by atoms with Gasteiger partial charge in [0.05, 0.1) is 14.1 Å². The zero-order valence-corrected chi connectivity index (χ0v) is 9.53. The number of nitrogens with zero attached hydrogens (tertiary/aromatic N) is 1. The summed E-state index contributed by atoms with van der Waals surface area (Å²) in [4.78, 5) is 11.4. The molecular formula is C9H21N2O3+. The molecule has 0 aliphatic carbocycles. The van der Waals surface area contributed by atoms with Crippen LogP contribution < -0.4 is 5.43 Å². The third kappa shape index (κ3) is 5.16. The Bertz CT molecular complexity index is 207. The van der Waals surface area contributed by atoms with Gasteiger partial charge in [-0.15, -0.1) is 0 Å². The second kappa shape index (κ2) is 4.25. The minimum Gasteiger partial charge on any atom is -0.387 e. The van der Waals surface area contributed by atoms with Crippen molar-refractivity contribution < 1.29 is 19.6 Å². The molecule has 14 heavy (non-hydrogen) atoms. The molecule has 0 spiro atoms. The number of nitrogens with one attached hydrogen (secondary N) is 1. The third-order valence-corrected chi connectivity index (χ3v) is 1.68. The smallest absolute Gasteiger partial charge is 0.296 e. The Labute approximate surface area is 84.9 Å². The number of rotatable bonds is 4. The minimum absolute atomic E-state index is 0.139. The van der Waals surface area contributed by atoms with E-state index in [4.69, 9.17) is 0 Å². The van der Waals surface area contributed by atoms with Crippen LogP contribution in [0.1, 0.15) is 20.8 Å². The average molecular weight is 205 g/mol. The summed E-state index contributed by atoms with van der Waals surface area (Å²) in [5.41, 5.74) is 1.22. The van der Waals surface area contributed by atoms with Crippen LogP contribution in [0.15, 0.2) is 0 Å². The van der Waals surface area contributed by atoms with E-state index in [-0.39, 0.29) is 4.59 Å². The molecule has 0 heterocycles. The zero-order valence-electron chi connectivity index (χ0n) is 9.53. The Morgan fingerprint density at radius 2 is 1.93 bits per heavy atom. The third-order valence-electron chi connectivity index (χ3n) is 1.68. The normalized spacial score (nSPS) is 15.1. The number of likely N-dealkylation sites (N-methyl/N-ethyl adjacent to an activating group) is 1. The maximum atomic E-state index is 11.4. The van der Waals surface area contributed by atoms with Gasteiger partial charge in [-0.05, 0) is 20.8 Å². The fourth-order valence-electron chi connectivity index (χ4n) is 1.12. The summed E-state index contributed by atoms with van der Waals surface area (Å²) in [7, 11) is 3.49. The van der Waals surface area contributed by atoms with Crippen molar-refractivity contribution in [1.82, 2.24) is 5.43 Å². The predicted octanol–water partition coefficient (Wildman–Crippen LogP) is -0.754. The molecule has 0 rings (SSSR count). The van der Waals surface area contributed by atoms with Gasteiger partial charge >= 0.3 is 0 Å². The highest BCUT2D eigenvalue weighted by Gasteiger charge is 2.30. The quantitative estimate of drug-likeness (QED) is 0.417. The predicted molar refractivity (Wildman–Crippen MR) is 53.1 cm³/mol. The lowest BCUT2D eigenvalue weighted by Crippen LogP contribution is -2.61. The zero-order chi connectivity index (χ0) is 11.6. The van der Waals surface area contributed by atoms with Crippen molar-refractivity contribution in [2.24, 2.45) is 0 Å². The molecule has 0 aliphatic heterocycles. The van der Waals surface area contributed by atoms with Gasteiger partial charge < -0.3 is 10.2 Å². The van der Waals surface area contributed by atoms with Gasteiger partial charge in [-0.25, -0.2) is 4.59 Å². The van der Waals surface area contributed by atoms with E-state index in [1.165, 1.54) is 13.8 Å². The monoisotopic (exact) mass is 205 g/mol. The van der Waals surface area contributed by atoms with Crippen molar-refractivity contribution in [2.75, 3.05) is 20.6 Å². The molecule has 1 atom stereocenters. The lowest BCUT2D eigenvalue weighted by Gasteiger charge is -2.32. The Morgan fingerprint density at radius 3 is 2.21 bits per heavy atom. The molecule has 3 N–H and O–H groups in total. The van der Waals surface area contributed by atoms with Crippen LogP contribution in [0.25, 0.3) is 0 Å². The first-order valence-electron chi connectivity index (χ1n) is 4.61. The van der Waals surface area contributed by atoms with Gasteiger partial charge in [0.2, 0.25) is 0 Å². The van der Waals surface area contributed by atoms with E-state index < -0.39 is 17.6 Å². The van der Waals surface area contributed by atoms with Gasteiger partial charge in [0.15, 0.2) is 0 Å². The Hall–Kier alpha value is -0.650. The molecule has 0 saturated heterocycles. The van der Waals surface area contributed by atoms with Gasteiger partial charge in [-0.1, -0.05) is 0 Å². The fourth-order valence-corrected chi connectivity index (χ4v) is 1.12. The first-order chi connectivity index (χ1) is 6.04. The van der Waals surface area contributed by atoms with Crippen LogP contribution in [0.5, 0.6) is 0 Å². The molecular weight excluding hydrogens is 184 g/mol. The van der Waals surface area contributed by atoms with Gasteiger partial charge in [-0.2, -0.15) is 5.43 Å². The molecule has 0 aromatic rings. The number of amides is 1. The molecule has 84 valence electrons. The van der Waals surface area contributed by atoms with E-state index in [2.05, 4.69) is 5.43 Å². The number of hydrogen-bond acceptors (Lipinski definition) is 3. The van der Waals surface area contributed by atoms with E-state index in [1.54, 1.807) is 21.0 Å². The maximum absolute atomic E-state index is 11.4. The van der Waals surface area contributed by atoms with Crippen LogP contribution in [-0.2, 0) is 4.79 Å². The number of aliphatic hydroxyl groups excluding tert-OH is 1. The molecule has 0 bridgehead atoms. The van der Waals surface area contributed by atoms with E-state index in [0.29, 0.717) is 6.54 Å². The summed E-state index contributed by atoms with van der Waals surface area (Å²) < 4.78 is 0.139. The molecule has 0 aromatic heterocycles. The van der Waals surface area contributed by atoms with Crippen molar-refractivity contribution in [2.45, 2.75) is 32.5 Å². The van der Waals surface area contributed by atoms with E-state index >= 15 is 0 Å². The minimum atomic E-state index is -1.39. The number of carbonyl (C=O) groups is 1. The molecule has 0 radical (unpaired) electrons. The van der Waals surface area contributed by atoms with Crippen LogP contribution in [0.2, 0.25) is 0 Å². The maximum Gasteiger partial charge on any atom is 0.296 e. The molecule has 5 nitrogen and oxygen atoms in total. The van der Waals surface area contributed by atoms with Crippen LogP contribution in [0, 0.1) is 0 Å². The standard InChI is InChI=1S/C9H20N2O3/c1-7(12)6-11(4,5)10-8(13)9(2,3)14/h7,12,14H,6H2,1-5H3/p+1. The topological polar surface area (TPSA) is 69.6 Å². The lowest BCUT2D eigenvalue weighted by molar-refractivity contribution is -0.928. The van der Waals surface area contributed by atoms with Crippen LogP contribution in [-0.4, -0.2) is 53.1 Å². The summed E-state index contributed by atoms with van der Waals surface area (Å²) in [6.45, 7) is 4.88. The second-order valence-corrected chi connectivity index (χ2v) is 4.72. The first-order valence-corrected chi connectivity index (χ1v) is 4.61. The number of aliphatic hydroxyl groups is 2. The fraction of sp³-hybridized carbons (Fsp3) is 0.889. The largest absolute Gasteiger partial charge is 0.387 e. The molecule has 1 amide bonds. The van der Waals surface area contributed by atoms with Crippen LogP contribution in [0.4, 0.5) is 0 Å². The molecule has 0 aromatic carbocycles. The van der Waals surface area contributed by atoms with E-state index in [1.807, 2.05) is 0 Å². The summed E-state index contributed by atoms with van der Waals surface area (Å²) >= 11 is 0. The average Bonchev–Trinajstić information content (AvgIpc) is 1.79. The van der Waals surface area contributed by atoms with Gasteiger partial charge in [0.1, 0.15) is 18.2 Å². The van der Waals surface area contributed by atoms with Gasteiger partial charge in [0.25, 0.3) is 5.91 Å². The van der Waals surface area contributed by atoms with Crippen molar-refractivity contribution in [3.63, 3.8) is 0 Å². The molecule has 0 saturated carbocycles. The van der Waals surface area contributed by atoms with Crippen molar-refractivity contribution >= 4 is 5.91 Å². The molecule has 1 unspecified atom stereocenters. The molecule has 0 aliphatic rings. The molecule has 5 heteroatoms. The highest BCUT2D eigenvalue weighted by molar-refractivity contribution is 5.82. The summed E-state index contributed by atoms with van der Waals surface area (Å²) in [5.74, 6) is -0.455. The van der Waals surface area contributed by atoms with Crippen LogP contribution in [0.3, 0.4) is 0 Å². The lowest BCUT2D eigenvalue weighted by atomic mass is 10.1. The Kier molecular flexibility index (Phi) is 4.05. The van der Waals surface area contributed by atoms with Gasteiger partial charge in [-0.3, -0.25) is 4.79 Å². The second-order valence-electron chi connectivity index (χ2n) is 4.72. The number of quaternary nitrogens is 1. The van der Waals surface area contributed by atoms with Gasteiger partial charge in [0, 0.05) is 0 Å². The summed E-state index contributed by atoms with van der Waals surface area (Å²) in [6.07, 6.45) is -0.507. The van der Waals surface area contributed by atoms with Crippen LogP contribution >= 0.6 is 0 Å². The SMILES string of the molecule is CC(O)C[N+](C)(C)NC(=O)C(C)(C)O. The highest BCUT2D eigenvalue weighted by atomic mass is 16.3. The first kappa shape index (κ1) is 13.4. The Morgan fingerprint density at radius 1 is 1.50 bits per heavy atom. The summed E-state index contributed by atoms with van der Waals surface area (Å²) in [5, 5.41) is 18.6. The van der Waals surface area contributed by atoms with Crippen molar-refractivity contribution in [1.29, 1.82) is 0 Å².